The van der Waals surface area contributed by atoms with E-state index in [9.17, 15) is 5.11 Å². The van der Waals surface area contributed by atoms with Crippen LogP contribution in [0.25, 0.3) is 0 Å². The van der Waals surface area contributed by atoms with Crippen molar-refractivity contribution in [1.29, 1.82) is 0 Å². The molecular weight excluding hydrogens is 222 g/mol. The zero-order valence-electron chi connectivity index (χ0n) is 9.85. The average molecular weight is 239 g/mol. The third-order valence-corrected chi connectivity index (χ3v) is 3.00. The number of nitrogens with zero attached hydrogens (tertiary/aromatic N) is 2. The van der Waals surface area contributed by atoms with Crippen molar-refractivity contribution < 1.29 is 14.6 Å². The second kappa shape index (κ2) is 5.29. The Morgan fingerprint density at radius 2 is 2.24 bits per heavy atom. The van der Waals surface area contributed by atoms with Crippen molar-refractivity contribution in [2.24, 2.45) is 0 Å². The molecule has 1 aliphatic rings. The van der Waals surface area contributed by atoms with Crippen LogP contribution in [0.3, 0.4) is 0 Å². The summed E-state index contributed by atoms with van der Waals surface area (Å²) in [6.07, 6.45) is 2.96. The molecule has 0 amide bonds. The quantitative estimate of drug-likeness (QED) is 0.794. The molecule has 1 saturated heterocycles. The summed E-state index contributed by atoms with van der Waals surface area (Å²) < 4.78 is 10.3. The molecule has 2 heterocycles. The van der Waals surface area contributed by atoms with E-state index in [1.54, 1.807) is 13.2 Å². The Morgan fingerprint density at radius 3 is 2.88 bits per heavy atom. The number of rotatable bonds is 4. The minimum atomic E-state index is -0.350. The Morgan fingerprint density at radius 1 is 1.47 bits per heavy atom. The molecule has 0 bridgehead atoms. The molecule has 0 saturated carbocycles. The Bertz CT molecular complexity index is 367. The summed E-state index contributed by atoms with van der Waals surface area (Å²) in [6.45, 7) is 1.36. The first kappa shape index (κ1) is 12.1. The van der Waals surface area contributed by atoms with Gasteiger partial charge in [0.05, 0.1) is 19.3 Å². The number of aliphatic hydroxyl groups is 1. The summed E-state index contributed by atoms with van der Waals surface area (Å²) in [5.41, 5.74) is -0.350. The largest absolute Gasteiger partial charge is 0.481 e. The van der Waals surface area contributed by atoms with Gasteiger partial charge in [0.1, 0.15) is 12.1 Å². The standard InChI is InChI=1S/C11H17N3O3/c1-16-10-6-9(12-8-13-10)14-11(7-15)2-4-17-5-3-11/h6,8,15H,2-5,7H2,1H3,(H,12,13,14). The predicted octanol–water partition coefficient (Wildman–Crippen LogP) is 0.439. The second-order valence-electron chi connectivity index (χ2n) is 4.12. The first-order valence-corrected chi connectivity index (χ1v) is 5.61. The topological polar surface area (TPSA) is 76.5 Å². The highest BCUT2D eigenvalue weighted by Gasteiger charge is 2.32. The number of hydrogen-bond donors (Lipinski definition) is 2. The fourth-order valence-electron chi connectivity index (χ4n) is 1.88. The van der Waals surface area contributed by atoms with Gasteiger partial charge >= 0.3 is 0 Å². The Labute approximate surface area is 100.0 Å². The summed E-state index contributed by atoms with van der Waals surface area (Å²) in [4.78, 5) is 8.06. The maximum atomic E-state index is 9.54. The maximum Gasteiger partial charge on any atom is 0.218 e. The molecule has 1 aromatic heterocycles. The van der Waals surface area contributed by atoms with Crippen molar-refractivity contribution in [2.45, 2.75) is 18.4 Å². The summed E-state index contributed by atoms with van der Waals surface area (Å²) in [6, 6.07) is 1.72. The maximum absolute atomic E-state index is 9.54. The summed E-state index contributed by atoms with van der Waals surface area (Å²) in [5.74, 6) is 1.16. The number of anilines is 1. The first-order chi connectivity index (χ1) is 8.28. The molecule has 0 radical (unpaired) electrons. The number of methoxy groups -OCH3 is 1. The van der Waals surface area contributed by atoms with Crippen LogP contribution in [-0.4, -0.2) is 47.5 Å². The van der Waals surface area contributed by atoms with Gasteiger partial charge in [0.2, 0.25) is 5.88 Å². The highest BCUT2D eigenvalue weighted by atomic mass is 16.5. The fourth-order valence-corrected chi connectivity index (χ4v) is 1.88. The van der Waals surface area contributed by atoms with Gasteiger partial charge in [0.15, 0.2) is 0 Å². The van der Waals surface area contributed by atoms with Crippen LogP contribution in [-0.2, 0) is 4.74 Å². The molecule has 6 nitrogen and oxygen atoms in total. The van der Waals surface area contributed by atoms with Gasteiger partial charge in [0, 0.05) is 19.3 Å². The molecule has 1 aromatic rings. The van der Waals surface area contributed by atoms with Gasteiger partial charge in [-0.05, 0) is 12.8 Å². The van der Waals surface area contributed by atoms with Crippen LogP contribution in [0.4, 0.5) is 5.82 Å². The molecule has 6 heteroatoms. The number of aliphatic hydroxyl groups excluding tert-OH is 1. The molecule has 0 aromatic carbocycles. The van der Waals surface area contributed by atoms with E-state index in [-0.39, 0.29) is 12.1 Å². The molecule has 0 spiro atoms. The first-order valence-electron chi connectivity index (χ1n) is 5.61. The predicted molar refractivity (Wildman–Crippen MR) is 62.1 cm³/mol. The molecule has 94 valence electrons. The van der Waals surface area contributed by atoms with Crippen molar-refractivity contribution in [2.75, 3.05) is 32.2 Å². The van der Waals surface area contributed by atoms with Crippen molar-refractivity contribution in [1.82, 2.24) is 9.97 Å². The second-order valence-corrected chi connectivity index (χ2v) is 4.12. The normalized spacial score (nSPS) is 18.7. The minimum Gasteiger partial charge on any atom is -0.481 e. The summed E-state index contributed by atoms with van der Waals surface area (Å²) >= 11 is 0. The van der Waals surface area contributed by atoms with Crippen molar-refractivity contribution in [3.05, 3.63) is 12.4 Å². The third-order valence-electron chi connectivity index (χ3n) is 3.00. The Kier molecular flexibility index (Phi) is 3.75. The van der Waals surface area contributed by atoms with E-state index in [0.717, 1.165) is 12.8 Å². The number of nitrogens with one attached hydrogen (secondary N) is 1. The van der Waals surface area contributed by atoms with Crippen LogP contribution in [0.15, 0.2) is 12.4 Å². The van der Waals surface area contributed by atoms with Crippen molar-refractivity contribution >= 4 is 5.82 Å². The lowest BCUT2D eigenvalue weighted by Gasteiger charge is -2.36. The number of hydrogen-bond acceptors (Lipinski definition) is 6. The summed E-state index contributed by atoms with van der Waals surface area (Å²) in [5, 5.41) is 12.8. The molecule has 1 aliphatic heterocycles. The molecule has 1 fully saturated rings. The highest BCUT2D eigenvalue weighted by Crippen LogP contribution is 2.25. The monoisotopic (exact) mass is 239 g/mol. The lowest BCUT2D eigenvalue weighted by Crippen LogP contribution is -2.47. The van der Waals surface area contributed by atoms with Gasteiger partial charge in [-0.15, -0.1) is 0 Å². The lowest BCUT2D eigenvalue weighted by molar-refractivity contribution is 0.0378. The van der Waals surface area contributed by atoms with Crippen LogP contribution in [0, 0.1) is 0 Å². The van der Waals surface area contributed by atoms with E-state index < -0.39 is 0 Å². The van der Waals surface area contributed by atoms with Crippen molar-refractivity contribution in [3.8, 4) is 5.88 Å². The van der Waals surface area contributed by atoms with Crippen molar-refractivity contribution in [3.63, 3.8) is 0 Å². The zero-order valence-corrected chi connectivity index (χ0v) is 9.85. The van der Waals surface area contributed by atoms with E-state index >= 15 is 0 Å². The van der Waals surface area contributed by atoms with Crippen LogP contribution in [0.1, 0.15) is 12.8 Å². The molecule has 0 unspecified atom stereocenters. The van der Waals surface area contributed by atoms with E-state index in [1.165, 1.54) is 6.33 Å². The molecule has 17 heavy (non-hydrogen) atoms. The van der Waals surface area contributed by atoms with Gasteiger partial charge in [-0.2, -0.15) is 0 Å². The SMILES string of the molecule is COc1cc(NC2(CO)CCOCC2)ncn1. The van der Waals surface area contributed by atoms with Gasteiger partial charge in [-0.25, -0.2) is 9.97 Å². The number of aromatic nitrogens is 2. The van der Waals surface area contributed by atoms with Crippen LogP contribution < -0.4 is 10.1 Å². The van der Waals surface area contributed by atoms with E-state index in [2.05, 4.69) is 15.3 Å². The van der Waals surface area contributed by atoms with E-state index in [1.807, 2.05) is 0 Å². The van der Waals surface area contributed by atoms with Crippen LogP contribution in [0.5, 0.6) is 5.88 Å². The summed E-state index contributed by atoms with van der Waals surface area (Å²) in [7, 11) is 1.56. The zero-order chi connectivity index (χ0) is 12.1. The fraction of sp³-hybridized carbons (Fsp3) is 0.636. The molecular formula is C11H17N3O3. The lowest BCUT2D eigenvalue weighted by atomic mass is 9.91. The van der Waals surface area contributed by atoms with Crippen LogP contribution >= 0.6 is 0 Å². The number of ether oxygens (including phenoxy) is 2. The molecule has 0 atom stereocenters. The minimum absolute atomic E-state index is 0.0582. The molecule has 2 N–H and O–H groups in total. The smallest absolute Gasteiger partial charge is 0.218 e. The van der Waals surface area contributed by atoms with Gasteiger partial charge in [-0.1, -0.05) is 0 Å². The van der Waals surface area contributed by atoms with Gasteiger partial charge in [0.25, 0.3) is 0 Å². The highest BCUT2D eigenvalue weighted by molar-refractivity contribution is 5.40. The van der Waals surface area contributed by atoms with Crippen LogP contribution in [0.2, 0.25) is 0 Å². The third kappa shape index (κ3) is 2.83. The van der Waals surface area contributed by atoms with Gasteiger partial charge in [-0.3, -0.25) is 0 Å². The average Bonchev–Trinajstić information content (AvgIpc) is 2.40. The van der Waals surface area contributed by atoms with Gasteiger partial charge < -0.3 is 19.9 Å². The van der Waals surface area contributed by atoms with E-state index in [0.29, 0.717) is 24.9 Å². The molecule has 0 aliphatic carbocycles. The van der Waals surface area contributed by atoms with E-state index in [4.69, 9.17) is 9.47 Å². The Balaban J connectivity index is 2.11. The molecule has 2 rings (SSSR count). The Hall–Kier alpha value is -1.40.